The number of rotatable bonds is 11. The number of nitrogens with one attached hydrogen (secondary N) is 1. The van der Waals surface area contributed by atoms with Gasteiger partial charge in [-0.15, -0.1) is 0 Å². The summed E-state index contributed by atoms with van der Waals surface area (Å²) in [5, 5.41) is 0. The van der Waals surface area contributed by atoms with E-state index in [0.29, 0.717) is 26.2 Å². The zero-order valence-electron chi connectivity index (χ0n) is 14.2. The molecule has 7 nitrogen and oxygen atoms in total. The third kappa shape index (κ3) is 5.55. The molecule has 1 aromatic heterocycles. The van der Waals surface area contributed by atoms with Crippen molar-refractivity contribution in [2.75, 3.05) is 39.2 Å². The fourth-order valence-electron chi connectivity index (χ4n) is 2.43. The number of fused-ring (bicyclic) bond motifs is 1. The first-order valence-corrected chi connectivity index (χ1v) is 9.64. The molecule has 1 heterocycles. The predicted octanol–water partition coefficient (Wildman–Crippen LogP) is 1.32. The Morgan fingerprint density at radius 1 is 1.21 bits per heavy atom. The lowest BCUT2D eigenvalue weighted by molar-refractivity contribution is 0.0784. The molecule has 24 heavy (non-hydrogen) atoms. The Bertz CT molecular complexity index is 743. The molecule has 8 heteroatoms. The number of sulfonamides is 1. The van der Waals surface area contributed by atoms with Crippen molar-refractivity contribution in [3.05, 3.63) is 30.1 Å². The standard InChI is InChI=1S/C16H25N3O4S/c1-14-18-15-6-3-4-7-16(15)19(14)9-5-8-17-24(20,21)13-12-23-11-10-22-2/h3-4,6-7,17H,5,8-13H2,1-2H3. The summed E-state index contributed by atoms with van der Waals surface area (Å²) in [6, 6.07) is 7.94. The minimum absolute atomic E-state index is 0.0379. The van der Waals surface area contributed by atoms with Crippen molar-refractivity contribution < 1.29 is 17.9 Å². The van der Waals surface area contributed by atoms with Gasteiger partial charge in [-0.1, -0.05) is 12.1 Å². The van der Waals surface area contributed by atoms with Crippen LogP contribution < -0.4 is 4.72 Å². The first kappa shape index (κ1) is 18.9. The Morgan fingerprint density at radius 2 is 2.00 bits per heavy atom. The minimum Gasteiger partial charge on any atom is -0.382 e. The van der Waals surface area contributed by atoms with Gasteiger partial charge in [-0.25, -0.2) is 18.1 Å². The maximum Gasteiger partial charge on any atom is 0.213 e. The van der Waals surface area contributed by atoms with E-state index in [0.717, 1.165) is 23.4 Å². The lowest BCUT2D eigenvalue weighted by atomic mass is 10.3. The average molecular weight is 355 g/mol. The summed E-state index contributed by atoms with van der Waals surface area (Å²) in [6.45, 7) is 4.11. The van der Waals surface area contributed by atoms with Crippen LogP contribution in [0.15, 0.2) is 24.3 Å². The molecule has 2 rings (SSSR count). The molecule has 0 fully saturated rings. The van der Waals surface area contributed by atoms with Crippen LogP contribution in [0.25, 0.3) is 11.0 Å². The molecule has 0 aliphatic heterocycles. The zero-order valence-corrected chi connectivity index (χ0v) is 15.0. The second-order valence-electron chi connectivity index (χ2n) is 5.47. The van der Waals surface area contributed by atoms with E-state index in [-0.39, 0.29) is 12.4 Å². The van der Waals surface area contributed by atoms with E-state index in [9.17, 15) is 8.42 Å². The van der Waals surface area contributed by atoms with Crippen LogP contribution in [0.4, 0.5) is 0 Å². The Labute approximate surface area is 143 Å². The summed E-state index contributed by atoms with van der Waals surface area (Å²) in [5.74, 6) is 0.898. The van der Waals surface area contributed by atoms with E-state index < -0.39 is 10.0 Å². The number of nitrogens with zero attached hydrogens (tertiary/aromatic N) is 2. The van der Waals surface area contributed by atoms with E-state index in [1.165, 1.54) is 0 Å². The molecule has 1 aromatic carbocycles. The van der Waals surface area contributed by atoms with Crippen LogP contribution in [-0.2, 0) is 26.0 Å². The maximum atomic E-state index is 11.9. The highest BCUT2D eigenvalue weighted by atomic mass is 32.2. The fraction of sp³-hybridized carbons (Fsp3) is 0.562. The van der Waals surface area contributed by atoms with Gasteiger partial charge in [0, 0.05) is 20.2 Å². The van der Waals surface area contributed by atoms with Crippen molar-refractivity contribution in [1.29, 1.82) is 0 Å². The number of aromatic nitrogens is 2. The molecule has 0 atom stereocenters. The third-order valence-electron chi connectivity index (χ3n) is 3.65. The highest BCUT2D eigenvalue weighted by Gasteiger charge is 2.10. The summed E-state index contributed by atoms with van der Waals surface area (Å²) in [6.07, 6.45) is 0.699. The quantitative estimate of drug-likeness (QED) is 0.615. The normalized spacial score (nSPS) is 12.1. The Balaban J connectivity index is 1.74. The summed E-state index contributed by atoms with van der Waals surface area (Å²) in [7, 11) is -1.73. The number of para-hydroxylation sites is 2. The third-order valence-corrected chi connectivity index (χ3v) is 5.00. The molecule has 0 saturated heterocycles. The Hall–Kier alpha value is -1.48. The zero-order chi connectivity index (χ0) is 17.4. The number of benzene rings is 1. The average Bonchev–Trinajstić information content (AvgIpc) is 2.87. The van der Waals surface area contributed by atoms with Crippen LogP contribution in [0, 0.1) is 6.92 Å². The number of methoxy groups -OCH3 is 1. The molecule has 0 aliphatic rings. The monoisotopic (exact) mass is 355 g/mol. The van der Waals surface area contributed by atoms with Gasteiger partial charge >= 0.3 is 0 Å². The molecular weight excluding hydrogens is 330 g/mol. The number of aryl methyl sites for hydroxylation is 2. The SMILES string of the molecule is COCCOCCS(=O)(=O)NCCCn1c(C)nc2ccccc21. The molecule has 0 spiro atoms. The highest BCUT2D eigenvalue weighted by molar-refractivity contribution is 7.89. The van der Waals surface area contributed by atoms with Gasteiger partial charge < -0.3 is 14.0 Å². The van der Waals surface area contributed by atoms with Crippen LogP contribution in [0.3, 0.4) is 0 Å². The summed E-state index contributed by atoms with van der Waals surface area (Å²) in [5.41, 5.74) is 2.04. The molecule has 2 aromatic rings. The molecule has 0 saturated carbocycles. The van der Waals surface area contributed by atoms with E-state index in [1.54, 1.807) is 7.11 Å². The van der Waals surface area contributed by atoms with Crippen molar-refractivity contribution in [1.82, 2.24) is 14.3 Å². The van der Waals surface area contributed by atoms with Gasteiger partial charge in [0.15, 0.2) is 0 Å². The van der Waals surface area contributed by atoms with Gasteiger partial charge in [0.25, 0.3) is 0 Å². The van der Waals surface area contributed by atoms with E-state index in [4.69, 9.17) is 9.47 Å². The van der Waals surface area contributed by atoms with Gasteiger partial charge in [0.1, 0.15) is 5.82 Å². The van der Waals surface area contributed by atoms with Crippen LogP contribution in [0.2, 0.25) is 0 Å². The Morgan fingerprint density at radius 3 is 2.79 bits per heavy atom. The largest absolute Gasteiger partial charge is 0.382 e. The summed E-state index contributed by atoms with van der Waals surface area (Å²) in [4.78, 5) is 4.50. The topological polar surface area (TPSA) is 82.5 Å². The molecule has 1 N–H and O–H groups in total. The van der Waals surface area contributed by atoms with Gasteiger partial charge in [-0.2, -0.15) is 0 Å². The highest BCUT2D eigenvalue weighted by Crippen LogP contribution is 2.15. The lowest BCUT2D eigenvalue weighted by Crippen LogP contribution is -2.30. The second-order valence-corrected chi connectivity index (χ2v) is 7.40. The predicted molar refractivity (Wildman–Crippen MR) is 93.6 cm³/mol. The van der Waals surface area contributed by atoms with Crippen LogP contribution in [0.5, 0.6) is 0 Å². The lowest BCUT2D eigenvalue weighted by Gasteiger charge is -2.09. The summed E-state index contributed by atoms with van der Waals surface area (Å²) < 4.78 is 38.5. The molecule has 0 aliphatic carbocycles. The fourth-order valence-corrected chi connectivity index (χ4v) is 3.37. The first-order chi connectivity index (χ1) is 11.5. The van der Waals surface area contributed by atoms with Crippen LogP contribution in [-0.4, -0.2) is 57.2 Å². The molecule has 0 unspecified atom stereocenters. The van der Waals surface area contributed by atoms with E-state index in [2.05, 4.69) is 14.3 Å². The Kier molecular flexibility index (Phi) is 7.16. The number of hydrogen-bond donors (Lipinski definition) is 1. The van der Waals surface area contributed by atoms with Crippen molar-refractivity contribution >= 4 is 21.1 Å². The number of ether oxygens (including phenoxy) is 2. The number of imidazole rings is 1. The van der Waals surface area contributed by atoms with Crippen molar-refractivity contribution in [2.24, 2.45) is 0 Å². The van der Waals surface area contributed by atoms with Crippen molar-refractivity contribution in [2.45, 2.75) is 19.9 Å². The smallest absolute Gasteiger partial charge is 0.213 e. The van der Waals surface area contributed by atoms with Gasteiger partial charge in [0.2, 0.25) is 10.0 Å². The maximum absolute atomic E-state index is 11.9. The molecule has 0 radical (unpaired) electrons. The minimum atomic E-state index is -3.30. The summed E-state index contributed by atoms with van der Waals surface area (Å²) >= 11 is 0. The van der Waals surface area contributed by atoms with E-state index in [1.807, 2.05) is 31.2 Å². The van der Waals surface area contributed by atoms with Crippen molar-refractivity contribution in [3.8, 4) is 0 Å². The first-order valence-electron chi connectivity index (χ1n) is 7.99. The molecule has 134 valence electrons. The molecular formula is C16H25N3O4S. The molecule has 0 amide bonds. The van der Waals surface area contributed by atoms with Gasteiger partial charge in [-0.3, -0.25) is 0 Å². The van der Waals surface area contributed by atoms with Gasteiger partial charge in [0.05, 0.1) is 36.6 Å². The second kappa shape index (κ2) is 9.12. The van der Waals surface area contributed by atoms with Crippen LogP contribution >= 0.6 is 0 Å². The van der Waals surface area contributed by atoms with E-state index >= 15 is 0 Å². The van der Waals surface area contributed by atoms with Gasteiger partial charge in [-0.05, 0) is 25.5 Å². The van der Waals surface area contributed by atoms with Crippen molar-refractivity contribution in [3.63, 3.8) is 0 Å². The molecule has 0 bridgehead atoms. The number of hydrogen-bond acceptors (Lipinski definition) is 5. The van der Waals surface area contributed by atoms with Crippen LogP contribution in [0.1, 0.15) is 12.2 Å².